The first-order valence-corrected chi connectivity index (χ1v) is 12.2. The van der Waals surface area contributed by atoms with Crippen LogP contribution in [-0.4, -0.2) is 37.5 Å². The average Bonchev–Trinajstić information content (AvgIpc) is 2.91. The minimum absolute atomic E-state index is 0.0322. The van der Waals surface area contributed by atoms with Gasteiger partial charge >= 0.3 is 0 Å². The van der Waals surface area contributed by atoms with Crippen molar-refractivity contribution in [3.8, 4) is 22.8 Å². The van der Waals surface area contributed by atoms with E-state index >= 15 is 0 Å². The first kappa shape index (κ1) is 27.8. The van der Waals surface area contributed by atoms with Crippen LogP contribution in [0.2, 0.25) is 5.02 Å². The minimum atomic E-state index is -0.985. The predicted molar refractivity (Wildman–Crippen MR) is 141 cm³/mol. The van der Waals surface area contributed by atoms with Crippen molar-refractivity contribution in [2.75, 3.05) is 7.05 Å². The molecule has 4 rings (SSSR count). The van der Waals surface area contributed by atoms with E-state index in [0.29, 0.717) is 40.2 Å². The maximum absolute atomic E-state index is 14.0. The van der Waals surface area contributed by atoms with Crippen molar-refractivity contribution in [2.45, 2.75) is 39.7 Å². The quantitative estimate of drug-likeness (QED) is 0.364. The number of rotatable bonds is 7. The van der Waals surface area contributed by atoms with Crippen LogP contribution in [0.3, 0.4) is 0 Å². The molecule has 0 aliphatic rings. The number of nitrogens with one attached hydrogen (secondary N) is 1. The van der Waals surface area contributed by atoms with Crippen molar-refractivity contribution in [1.29, 1.82) is 0 Å². The summed E-state index contributed by atoms with van der Waals surface area (Å²) in [6.45, 7) is 6.56. The Bertz CT molecular complexity index is 1640. The zero-order chi connectivity index (χ0) is 28.5. The molecule has 9 nitrogen and oxygen atoms in total. The van der Waals surface area contributed by atoms with Crippen molar-refractivity contribution in [3.05, 3.63) is 92.6 Å². The molecule has 4 heterocycles. The van der Waals surface area contributed by atoms with E-state index in [9.17, 15) is 18.4 Å². The minimum Gasteiger partial charge on any atom is -0.485 e. The number of hydrogen-bond acceptors (Lipinski definition) is 7. The Hall–Kier alpha value is -4.25. The molecular weight excluding hydrogens is 530 g/mol. The molecule has 0 radical (unpaired) electrons. The lowest BCUT2D eigenvalue weighted by molar-refractivity contribution is -0.125. The summed E-state index contributed by atoms with van der Waals surface area (Å²) in [5, 5.41) is 2.39. The number of ether oxygens (including phenoxy) is 1. The smallest absolute Gasteiger partial charge is 0.277 e. The molecule has 0 atom stereocenters. The third-order valence-corrected chi connectivity index (χ3v) is 6.48. The summed E-state index contributed by atoms with van der Waals surface area (Å²) in [5.41, 5.74) is 0.907. The normalized spacial score (nSPS) is 11.4. The zero-order valence-corrected chi connectivity index (χ0v) is 22.6. The molecule has 39 heavy (non-hydrogen) atoms. The van der Waals surface area contributed by atoms with E-state index in [1.807, 2.05) is 0 Å². The number of aromatic nitrogens is 5. The molecule has 0 bridgehead atoms. The Balaban J connectivity index is 1.71. The van der Waals surface area contributed by atoms with E-state index in [1.165, 1.54) is 4.57 Å². The highest BCUT2D eigenvalue weighted by molar-refractivity contribution is 6.31. The maximum Gasteiger partial charge on any atom is 0.277 e. The number of carbonyl (C=O) groups excluding carboxylic acids is 1. The van der Waals surface area contributed by atoms with Crippen LogP contribution in [0.15, 0.2) is 47.7 Å². The topological polar surface area (TPSA) is 112 Å². The molecule has 1 amide bonds. The fourth-order valence-corrected chi connectivity index (χ4v) is 4.09. The van der Waals surface area contributed by atoms with E-state index in [1.54, 1.807) is 65.3 Å². The Morgan fingerprint density at radius 2 is 1.85 bits per heavy atom. The number of halogens is 3. The monoisotopic (exact) mass is 554 g/mol. The van der Waals surface area contributed by atoms with Gasteiger partial charge in [0.25, 0.3) is 5.56 Å². The number of amides is 1. The third-order valence-electron chi connectivity index (χ3n) is 6.14. The second-order valence-electron chi connectivity index (χ2n) is 9.30. The van der Waals surface area contributed by atoms with Crippen molar-refractivity contribution < 1.29 is 18.3 Å². The lowest BCUT2D eigenvalue weighted by atomic mass is 9.91. The Labute approximate surface area is 227 Å². The molecule has 0 aliphatic carbocycles. The largest absolute Gasteiger partial charge is 0.485 e. The Kier molecular flexibility index (Phi) is 7.73. The highest BCUT2D eigenvalue weighted by Gasteiger charge is 2.32. The predicted octanol–water partition coefficient (Wildman–Crippen LogP) is 4.24. The second kappa shape index (κ2) is 10.9. The van der Waals surface area contributed by atoms with Gasteiger partial charge in [0.05, 0.1) is 23.3 Å². The molecule has 0 aromatic carbocycles. The number of aryl methyl sites for hydroxylation is 2. The molecule has 12 heteroatoms. The van der Waals surface area contributed by atoms with Crippen LogP contribution in [0.1, 0.15) is 36.6 Å². The Morgan fingerprint density at radius 1 is 1.10 bits per heavy atom. The summed E-state index contributed by atoms with van der Waals surface area (Å²) in [5.74, 6) is -1.58. The SMILES string of the molecule is CNC(=O)C(C)(C)c1nccc(-c2cc(-n3c(C)cc(OCc4ncc(F)cc4F)c(Cl)c3=O)c(C)cn2)n1. The molecule has 0 saturated heterocycles. The highest BCUT2D eigenvalue weighted by Crippen LogP contribution is 2.28. The number of likely N-dealkylation sites (N-methyl/N-ethyl adjacent to an activating group) is 1. The Morgan fingerprint density at radius 3 is 2.54 bits per heavy atom. The first-order chi connectivity index (χ1) is 18.4. The van der Waals surface area contributed by atoms with Crippen LogP contribution < -0.4 is 15.6 Å². The lowest BCUT2D eigenvalue weighted by Crippen LogP contribution is -2.39. The average molecular weight is 555 g/mol. The molecular formula is C27H25ClF2N6O3. The number of pyridine rings is 3. The molecule has 0 unspecified atom stereocenters. The maximum atomic E-state index is 14.0. The van der Waals surface area contributed by atoms with Crippen LogP contribution in [-0.2, 0) is 16.8 Å². The van der Waals surface area contributed by atoms with Gasteiger partial charge in [0.2, 0.25) is 5.91 Å². The van der Waals surface area contributed by atoms with Crippen molar-refractivity contribution in [2.24, 2.45) is 0 Å². The van der Waals surface area contributed by atoms with Crippen LogP contribution in [0.5, 0.6) is 5.75 Å². The van der Waals surface area contributed by atoms with E-state index in [0.717, 1.165) is 6.20 Å². The van der Waals surface area contributed by atoms with Gasteiger partial charge in [-0.15, -0.1) is 0 Å². The van der Waals surface area contributed by atoms with Crippen molar-refractivity contribution >= 4 is 17.5 Å². The summed E-state index contributed by atoms with van der Waals surface area (Å²) in [6.07, 6.45) is 4.02. The van der Waals surface area contributed by atoms with E-state index in [4.69, 9.17) is 16.3 Å². The zero-order valence-electron chi connectivity index (χ0n) is 21.8. The van der Waals surface area contributed by atoms with Crippen LogP contribution in [0, 0.1) is 25.5 Å². The molecule has 4 aromatic heterocycles. The molecule has 0 spiro atoms. The number of hydrogen-bond donors (Lipinski definition) is 1. The van der Waals surface area contributed by atoms with E-state index in [2.05, 4.69) is 25.3 Å². The van der Waals surface area contributed by atoms with Crippen molar-refractivity contribution in [1.82, 2.24) is 29.8 Å². The summed E-state index contributed by atoms with van der Waals surface area (Å²) in [7, 11) is 1.54. The molecule has 202 valence electrons. The molecule has 4 aromatic rings. The fourth-order valence-electron chi connectivity index (χ4n) is 3.89. The van der Waals surface area contributed by atoms with E-state index < -0.39 is 22.6 Å². The summed E-state index contributed by atoms with van der Waals surface area (Å²) in [4.78, 5) is 42.7. The molecule has 1 N–H and O–H groups in total. The van der Waals surface area contributed by atoms with Gasteiger partial charge in [-0.1, -0.05) is 11.6 Å². The first-order valence-electron chi connectivity index (χ1n) is 11.8. The fraction of sp³-hybridized carbons (Fsp3) is 0.259. The second-order valence-corrected chi connectivity index (χ2v) is 9.68. The van der Waals surface area contributed by atoms with Crippen LogP contribution >= 0.6 is 11.6 Å². The summed E-state index contributed by atoms with van der Waals surface area (Å²) < 4.78 is 34.1. The molecule has 0 fully saturated rings. The summed E-state index contributed by atoms with van der Waals surface area (Å²) in [6, 6.07) is 5.59. The van der Waals surface area contributed by atoms with Crippen LogP contribution in [0.25, 0.3) is 17.1 Å². The van der Waals surface area contributed by atoms with Gasteiger partial charge in [0.1, 0.15) is 40.1 Å². The highest BCUT2D eigenvalue weighted by atomic mass is 35.5. The summed E-state index contributed by atoms with van der Waals surface area (Å²) >= 11 is 6.37. The van der Waals surface area contributed by atoms with Crippen LogP contribution in [0.4, 0.5) is 8.78 Å². The van der Waals surface area contributed by atoms with Crippen molar-refractivity contribution in [3.63, 3.8) is 0 Å². The van der Waals surface area contributed by atoms with Gasteiger partial charge in [0.15, 0.2) is 5.82 Å². The van der Waals surface area contributed by atoms with Gasteiger partial charge in [-0.2, -0.15) is 0 Å². The van der Waals surface area contributed by atoms with Gasteiger partial charge < -0.3 is 10.1 Å². The van der Waals surface area contributed by atoms with Gasteiger partial charge in [-0.25, -0.2) is 18.7 Å². The number of carbonyl (C=O) groups is 1. The third kappa shape index (κ3) is 5.49. The van der Waals surface area contributed by atoms with E-state index in [-0.39, 0.29) is 29.0 Å². The lowest BCUT2D eigenvalue weighted by Gasteiger charge is -2.21. The van der Waals surface area contributed by atoms with Gasteiger partial charge in [-0.05, 0) is 45.4 Å². The number of nitrogens with zero attached hydrogens (tertiary/aromatic N) is 5. The van der Waals surface area contributed by atoms with Gasteiger partial charge in [-0.3, -0.25) is 24.1 Å². The standard InChI is InChI=1S/C27H25ClF2N6O3/c1-14-11-33-19(18-6-7-32-25(35-18)27(3,4)26(38)31-5)10-21(14)36-15(2)8-22(23(28)24(36)37)39-13-20-17(30)9-16(29)12-34-20/h6-12H,13H2,1-5H3,(H,31,38). The molecule has 0 aliphatic heterocycles. The molecule has 0 saturated carbocycles. The van der Waals surface area contributed by atoms with Gasteiger partial charge in [0, 0.05) is 37.3 Å².